The van der Waals surface area contributed by atoms with Crippen LogP contribution in [0.4, 0.5) is 17.3 Å². The molecule has 7 rings (SSSR count). The standard InChI is InChI=1S/C36H38N6O3S/c1-25-22-31(46(44,45)30-10-4-3-5-11-30)16-17-32(25)33-23-26-24-37-36(39-34(26)42(35(33)43)29-8-6-7-9-29)38-27-12-14-28(15-13-27)41-20-18-40(2)19-21-41/h3-5,10-17,22-24,29H,6-9,18-21H2,1-2H3,(H,37,38,39). The van der Waals surface area contributed by atoms with Crippen molar-refractivity contribution < 1.29 is 8.42 Å². The van der Waals surface area contributed by atoms with Crippen LogP contribution in [0.15, 0.2) is 99.6 Å². The van der Waals surface area contributed by atoms with Crippen molar-refractivity contribution in [1.29, 1.82) is 0 Å². The lowest BCUT2D eigenvalue weighted by Gasteiger charge is -2.34. The summed E-state index contributed by atoms with van der Waals surface area (Å²) in [5.74, 6) is 0.436. The molecule has 3 aromatic carbocycles. The first-order valence-corrected chi connectivity index (χ1v) is 17.4. The number of likely N-dealkylation sites (N-methyl/N-ethyl adjacent to an activating group) is 1. The summed E-state index contributed by atoms with van der Waals surface area (Å²) in [6.07, 6.45) is 5.70. The number of sulfone groups is 1. The van der Waals surface area contributed by atoms with Crippen molar-refractivity contribution in [2.75, 3.05) is 43.4 Å². The molecule has 0 radical (unpaired) electrons. The zero-order chi connectivity index (χ0) is 31.8. The molecule has 2 aliphatic rings. The van der Waals surface area contributed by atoms with Crippen LogP contribution in [0.25, 0.3) is 22.2 Å². The van der Waals surface area contributed by atoms with E-state index in [1.807, 2.05) is 29.7 Å². The molecular formula is C36H38N6O3S. The quantitative estimate of drug-likeness (QED) is 0.226. The lowest BCUT2D eigenvalue weighted by molar-refractivity contribution is 0.313. The molecule has 1 aliphatic carbocycles. The van der Waals surface area contributed by atoms with Crippen LogP contribution in [-0.2, 0) is 9.84 Å². The number of anilines is 3. The van der Waals surface area contributed by atoms with Gasteiger partial charge < -0.3 is 15.1 Å². The van der Waals surface area contributed by atoms with E-state index in [9.17, 15) is 13.2 Å². The van der Waals surface area contributed by atoms with E-state index >= 15 is 0 Å². The Morgan fingerprint density at radius 3 is 2.24 bits per heavy atom. The topological polar surface area (TPSA) is 100 Å². The summed E-state index contributed by atoms with van der Waals surface area (Å²) >= 11 is 0. The summed E-state index contributed by atoms with van der Waals surface area (Å²) in [7, 11) is -1.53. The van der Waals surface area contributed by atoms with Crippen LogP contribution in [0, 0.1) is 6.92 Å². The molecule has 0 atom stereocenters. The highest BCUT2D eigenvalue weighted by Crippen LogP contribution is 2.34. The summed E-state index contributed by atoms with van der Waals surface area (Å²) in [5, 5.41) is 4.10. The first-order valence-electron chi connectivity index (χ1n) is 15.9. The maximum Gasteiger partial charge on any atom is 0.260 e. The van der Waals surface area contributed by atoms with Gasteiger partial charge in [0.05, 0.1) is 9.79 Å². The second kappa shape index (κ2) is 12.3. The largest absolute Gasteiger partial charge is 0.369 e. The van der Waals surface area contributed by atoms with Gasteiger partial charge in [-0.15, -0.1) is 0 Å². The molecule has 1 N–H and O–H groups in total. The number of pyridine rings is 1. The zero-order valence-electron chi connectivity index (χ0n) is 26.2. The highest BCUT2D eigenvalue weighted by molar-refractivity contribution is 7.91. The van der Waals surface area contributed by atoms with Crippen LogP contribution < -0.4 is 15.8 Å². The van der Waals surface area contributed by atoms with Gasteiger partial charge in [-0.1, -0.05) is 37.1 Å². The highest BCUT2D eigenvalue weighted by Gasteiger charge is 2.25. The Kier molecular flexibility index (Phi) is 8.08. The van der Waals surface area contributed by atoms with Gasteiger partial charge in [0.15, 0.2) is 0 Å². The fourth-order valence-electron chi connectivity index (χ4n) is 6.67. The van der Waals surface area contributed by atoms with Crippen LogP contribution >= 0.6 is 0 Å². The minimum Gasteiger partial charge on any atom is -0.369 e. The smallest absolute Gasteiger partial charge is 0.260 e. The Morgan fingerprint density at radius 2 is 1.54 bits per heavy atom. The number of piperazine rings is 1. The van der Waals surface area contributed by atoms with Crippen molar-refractivity contribution in [2.24, 2.45) is 0 Å². The average Bonchev–Trinajstić information content (AvgIpc) is 3.60. The third kappa shape index (κ3) is 5.78. The van der Waals surface area contributed by atoms with Crippen molar-refractivity contribution >= 4 is 38.2 Å². The molecule has 1 saturated carbocycles. The highest BCUT2D eigenvalue weighted by atomic mass is 32.2. The van der Waals surface area contributed by atoms with E-state index in [1.165, 1.54) is 5.69 Å². The van der Waals surface area contributed by atoms with Crippen LogP contribution in [0.5, 0.6) is 0 Å². The zero-order valence-corrected chi connectivity index (χ0v) is 27.0. The summed E-state index contributed by atoms with van der Waals surface area (Å²) in [6.45, 7) is 5.97. The molecule has 0 spiro atoms. The fraction of sp³-hybridized carbons (Fsp3) is 0.306. The van der Waals surface area contributed by atoms with E-state index < -0.39 is 9.84 Å². The van der Waals surface area contributed by atoms with Crippen LogP contribution in [0.2, 0.25) is 0 Å². The normalized spacial score (nSPS) is 16.3. The Morgan fingerprint density at radius 1 is 0.826 bits per heavy atom. The molecular weight excluding hydrogens is 597 g/mol. The van der Waals surface area contributed by atoms with Gasteiger partial charge in [-0.2, -0.15) is 4.98 Å². The lowest BCUT2D eigenvalue weighted by atomic mass is 10.0. The van der Waals surface area contributed by atoms with E-state index in [4.69, 9.17) is 4.98 Å². The maximum absolute atomic E-state index is 14.3. The number of fused-ring (bicyclic) bond motifs is 1. The molecule has 10 heteroatoms. The maximum atomic E-state index is 14.3. The molecule has 9 nitrogen and oxygen atoms in total. The summed E-state index contributed by atoms with van der Waals surface area (Å²) in [4.78, 5) is 28.9. The molecule has 0 bridgehead atoms. The second-order valence-electron chi connectivity index (χ2n) is 12.4. The number of rotatable bonds is 7. The fourth-order valence-corrected chi connectivity index (χ4v) is 8.03. The van der Waals surface area contributed by atoms with Gasteiger partial charge in [0.25, 0.3) is 5.56 Å². The molecule has 1 aliphatic heterocycles. The Hall–Kier alpha value is -4.54. The first kappa shape index (κ1) is 30.1. The van der Waals surface area contributed by atoms with Crippen LogP contribution in [0.1, 0.15) is 37.3 Å². The molecule has 0 amide bonds. The Bertz CT molecular complexity index is 2050. The predicted octanol–water partition coefficient (Wildman–Crippen LogP) is 6.21. The molecule has 2 aromatic heterocycles. The van der Waals surface area contributed by atoms with Crippen molar-refractivity contribution in [1.82, 2.24) is 19.4 Å². The van der Waals surface area contributed by atoms with Crippen molar-refractivity contribution in [3.63, 3.8) is 0 Å². The third-order valence-corrected chi connectivity index (χ3v) is 11.1. The number of aromatic nitrogens is 3. The van der Waals surface area contributed by atoms with Gasteiger partial charge in [-0.3, -0.25) is 9.36 Å². The average molecular weight is 635 g/mol. The number of hydrogen-bond donors (Lipinski definition) is 1. The van der Waals surface area contributed by atoms with Crippen LogP contribution in [-0.4, -0.2) is 61.1 Å². The number of aryl methyl sites for hydroxylation is 1. The predicted molar refractivity (Wildman–Crippen MR) is 183 cm³/mol. The molecule has 2 fully saturated rings. The number of benzene rings is 3. The molecule has 46 heavy (non-hydrogen) atoms. The Labute approximate surface area is 269 Å². The van der Waals surface area contributed by atoms with E-state index in [0.29, 0.717) is 28.3 Å². The molecule has 0 unspecified atom stereocenters. The SMILES string of the molecule is Cc1cc(S(=O)(=O)c2ccccc2)ccc1-c1cc2cnc(Nc3ccc(N4CCN(C)CC4)cc3)nc2n(C2CCCC2)c1=O. The van der Waals surface area contributed by atoms with E-state index in [0.717, 1.165) is 62.9 Å². The second-order valence-corrected chi connectivity index (χ2v) is 14.3. The van der Waals surface area contributed by atoms with Gasteiger partial charge in [0.1, 0.15) is 5.65 Å². The summed E-state index contributed by atoms with van der Waals surface area (Å²) < 4.78 is 28.4. The number of hydrogen-bond acceptors (Lipinski definition) is 8. The van der Waals surface area contributed by atoms with Gasteiger partial charge in [0, 0.05) is 60.7 Å². The lowest BCUT2D eigenvalue weighted by Crippen LogP contribution is -2.44. The van der Waals surface area contributed by atoms with E-state index in [1.54, 1.807) is 54.7 Å². The molecule has 5 aromatic rings. The minimum atomic E-state index is -3.68. The van der Waals surface area contributed by atoms with Crippen molar-refractivity contribution in [3.05, 3.63) is 101 Å². The number of nitrogens with zero attached hydrogens (tertiary/aromatic N) is 5. The van der Waals surface area contributed by atoms with Gasteiger partial charge >= 0.3 is 0 Å². The monoisotopic (exact) mass is 634 g/mol. The van der Waals surface area contributed by atoms with Gasteiger partial charge in [-0.25, -0.2) is 13.4 Å². The Balaban J connectivity index is 1.23. The van der Waals surface area contributed by atoms with E-state index in [2.05, 4.69) is 39.3 Å². The third-order valence-electron chi connectivity index (χ3n) is 9.31. The van der Waals surface area contributed by atoms with Gasteiger partial charge in [-0.05, 0) is 92.5 Å². The summed E-state index contributed by atoms with van der Waals surface area (Å²) in [5.41, 5.74) is 4.49. The summed E-state index contributed by atoms with van der Waals surface area (Å²) in [6, 6.07) is 23.6. The van der Waals surface area contributed by atoms with Crippen molar-refractivity contribution in [3.8, 4) is 11.1 Å². The molecule has 3 heterocycles. The van der Waals surface area contributed by atoms with Crippen LogP contribution in [0.3, 0.4) is 0 Å². The van der Waals surface area contributed by atoms with Crippen molar-refractivity contribution in [2.45, 2.75) is 48.4 Å². The molecule has 1 saturated heterocycles. The van der Waals surface area contributed by atoms with E-state index in [-0.39, 0.29) is 21.4 Å². The van der Waals surface area contributed by atoms with Gasteiger partial charge in [0.2, 0.25) is 15.8 Å². The first-order chi connectivity index (χ1) is 22.3. The number of nitrogens with one attached hydrogen (secondary N) is 1. The minimum absolute atomic E-state index is 0.0404. The molecule has 236 valence electrons.